The number of benzene rings is 1. The summed E-state index contributed by atoms with van der Waals surface area (Å²) in [6, 6.07) is 7.35. The van der Waals surface area contributed by atoms with Crippen LogP contribution < -0.4 is 14.8 Å². The SMILES string of the molecule is COc1ccc(CCNC(=O)c2cccnc2)c(OC)c1C. The molecule has 0 saturated carbocycles. The largest absolute Gasteiger partial charge is 0.496 e. The number of ether oxygens (including phenoxy) is 2. The lowest BCUT2D eigenvalue weighted by molar-refractivity contribution is 0.0953. The number of hydrogen-bond donors (Lipinski definition) is 1. The minimum absolute atomic E-state index is 0.127. The van der Waals surface area contributed by atoms with Gasteiger partial charge in [0.2, 0.25) is 0 Å². The Morgan fingerprint density at radius 3 is 2.68 bits per heavy atom. The number of carbonyl (C=O) groups excluding carboxylic acids is 1. The van der Waals surface area contributed by atoms with Gasteiger partial charge >= 0.3 is 0 Å². The van der Waals surface area contributed by atoms with Gasteiger partial charge in [0.15, 0.2) is 0 Å². The minimum atomic E-state index is -0.127. The zero-order valence-electron chi connectivity index (χ0n) is 13.1. The molecule has 1 aromatic carbocycles. The van der Waals surface area contributed by atoms with E-state index in [1.165, 1.54) is 0 Å². The van der Waals surface area contributed by atoms with Crippen molar-refractivity contribution in [3.8, 4) is 11.5 Å². The van der Waals surface area contributed by atoms with Crippen LogP contribution in [0, 0.1) is 6.92 Å². The standard InChI is InChI=1S/C17H20N2O3/c1-12-15(21-2)7-6-13(16(12)22-3)8-10-19-17(20)14-5-4-9-18-11-14/h4-7,9,11H,8,10H2,1-3H3,(H,19,20). The number of pyridine rings is 1. The van der Waals surface area contributed by atoms with E-state index in [0.29, 0.717) is 18.5 Å². The van der Waals surface area contributed by atoms with Crippen LogP contribution in [0.25, 0.3) is 0 Å². The van der Waals surface area contributed by atoms with Crippen molar-refractivity contribution in [2.75, 3.05) is 20.8 Å². The number of carbonyl (C=O) groups is 1. The summed E-state index contributed by atoms with van der Waals surface area (Å²) >= 11 is 0. The molecule has 5 heteroatoms. The second-order valence-corrected chi connectivity index (χ2v) is 4.83. The molecule has 0 spiro atoms. The molecule has 0 aliphatic rings. The Morgan fingerprint density at radius 1 is 1.23 bits per heavy atom. The predicted molar refractivity (Wildman–Crippen MR) is 84.6 cm³/mol. The summed E-state index contributed by atoms with van der Waals surface area (Å²) in [5.41, 5.74) is 2.55. The average Bonchev–Trinajstić information content (AvgIpc) is 2.56. The van der Waals surface area contributed by atoms with Crippen LogP contribution >= 0.6 is 0 Å². The number of nitrogens with one attached hydrogen (secondary N) is 1. The number of nitrogens with zero attached hydrogens (tertiary/aromatic N) is 1. The van der Waals surface area contributed by atoms with Crippen LogP contribution in [0.5, 0.6) is 11.5 Å². The molecular formula is C17H20N2O3. The first-order valence-electron chi connectivity index (χ1n) is 7.06. The van der Waals surface area contributed by atoms with Gasteiger partial charge < -0.3 is 14.8 Å². The Labute approximate surface area is 130 Å². The fourth-order valence-electron chi connectivity index (χ4n) is 2.34. The molecule has 1 aromatic heterocycles. The van der Waals surface area contributed by atoms with Crippen LogP contribution in [-0.4, -0.2) is 31.7 Å². The van der Waals surface area contributed by atoms with Gasteiger partial charge in [0.25, 0.3) is 5.91 Å². The molecule has 0 fully saturated rings. The molecule has 0 aliphatic heterocycles. The van der Waals surface area contributed by atoms with Crippen molar-refractivity contribution in [1.82, 2.24) is 10.3 Å². The van der Waals surface area contributed by atoms with E-state index in [2.05, 4.69) is 10.3 Å². The van der Waals surface area contributed by atoms with E-state index in [4.69, 9.17) is 9.47 Å². The third kappa shape index (κ3) is 3.55. The van der Waals surface area contributed by atoms with E-state index in [1.54, 1.807) is 38.7 Å². The van der Waals surface area contributed by atoms with Crippen molar-refractivity contribution in [2.24, 2.45) is 0 Å². The Kier molecular flexibility index (Phi) is 5.36. The molecule has 1 amide bonds. The molecule has 1 heterocycles. The van der Waals surface area contributed by atoms with Crippen LogP contribution in [-0.2, 0) is 6.42 Å². The van der Waals surface area contributed by atoms with E-state index in [9.17, 15) is 4.79 Å². The Hall–Kier alpha value is -2.56. The molecule has 0 unspecified atom stereocenters. The van der Waals surface area contributed by atoms with E-state index in [-0.39, 0.29) is 5.91 Å². The van der Waals surface area contributed by atoms with Crippen LogP contribution in [0.2, 0.25) is 0 Å². The van der Waals surface area contributed by atoms with Crippen molar-refractivity contribution in [1.29, 1.82) is 0 Å². The highest BCUT2D eigenvalue weighted by molar-refractivity contribution is 5.93. The highest BCUT2D eigenvalue weighted by atomic mass is 16.5. The topological polar surface area (TPSA) is 60.5 Å². The normalized spacial score (nSPS) is 10.1. The number of hydrogen-bond acceptors (Lipinski definition) is 4. The third-order valence-corrected chi connectivity index (χ3v) is 3.47. The van der Waals surface area contributed by atoms with E-state index in [0.717, 1.165) is 22.6 Å². The Balaban J connectivity index is 2.00. The van der Waals surface area contributed by atoms with Crippen LogP contribution in [0.1, 0.15) is 21.5 Å². The van der Waals surface area contributed by atoms with Crippen molar-refractivity contribution in [2.45, 2.75) is 13.3 Å². The Morgan fingerprint density at radius 2 is 2.05 bits per heavy atom. The van der Waals surface area contributed by atoms with Crippen LogP contribution in [0.3, 0.4) is 0 Å². The quantitative estimate of drug-likeness (QED) is 0.890. The summed E-state index contributed by atoms with van der Waals surface area (Å²) in [6.45, 7) is 2.48. The molecule has 0 aliphatic carbocycles. The monoisotopic (exact) mass is 300 g/mol. The summed E-state index contributed by atoms with van der Waals surface area (Å²) in [5, 5.41) is 2.88. The molecule has 22 heavy (non-hydrogen) atoms. The average molecular weight is 300 g/mol. The zero-order chi connectivity index (χ0) is 15.9. The predicted octanol–water partition coefficient (Wildman–Crippen LogP) is 2.38. The molecule has 0 radical (unpaired) electrons. The van der Waals surface area contributed by atoms with E-state index >= 15 is 0 Å². The first kappa shape index (κ1) is 15.8. The van der Waals surface area contributed by atoms with Gasteiger partial charge in [-0.25, -0.2) is 0 Å². The summed E-state index contributed by atoms with van der Waals surface area (Å²) in [7, 11) is 3.27. The molecule has 5 nitrogen and oxygen atoms in total. The van der Waals surface area contributed by atoms with Gasteiger partial charge in [0, 0.05) is 24.5 Å². The first-order chi connectivity index (χ1) is 10.7. The van der Waals surface area contributed by atoms with Crippen molar-refractivity contribution < 1.29 is 14.3 Å². The highest BCUT2D eigenvalue weighted by Crippen LogP contribution is 2.31. The molecule has 2 rings (SSSR count). The summed E-state index contributed by atoms with van der Waals surface area (Å²) in [5.74, 6) is 1.47. The maximum Gasteiger partial charge on any atom is 0.252 e. The number of rotatable bonds is 6. The van der Waals surface area contributed by atoms with Gasteiger partial charge in [0.05, 0.1) is 19.8 Å². The minimum Gasteiger partial charge on any atom is -0.496 e. The molecule has 1 N–H and O–H groups in total. The molecule has 116 valence electrons. The van der Waals surface area contributed by atoms with E-state index in [1.807, 2.05) is 19.1 Å². The fraction of sp³-hybridized carbons (Fsp3) is 0.294. The first-order valence-corrected chi connectivity index (χ1v) is 7.06. The molecule has 2 aromatic rings. The third-order valence-electron chi connectivity index (χ3n) is 3.47. The van der Waals surface area contributed by atoms with Gasteiger partial charge in [-0.3, -0.25) is 9.78 Å². The lowest BCUT2D eigenvalue weighted by Gasteiger charge is -2.14. The van der Waals surface area contributed by atoms with Crippen LogP contribution in [0.15, 0.2) is 36.7 Å². The number of aromatic nitrogens is 1. The van der Waals surface area contributed by atoms with Crippen LogP contribution in [0.4, 0.5) is 0 Å². The second kappa shape index (κ2) is 7.45. The van der Waals surface area contributed by atoms with E-state index < -0.39 is 0 Å². The van der Waals surface area contributed by atoms with Gasteiger partial charge in [0.1, 0.15) is 11.5 Å². The lowest BCUT2D eigenvalue weighted by Crippen LogP contribution is -2.25. The maximum atomic E-state index is 12.0. The smallest absolute Gasteiger partial charge is 0.252 e. The molecular weight excluding hydrogens is 280 g/mol. The summed E-state index contributed by atoms with van der Waals surface area (Å²) in [4.78, 5) is 15.9. The van der Waals surface area contributed by atoms with Gasteiger partial charge in [-0.2, -0.15) is 0 Å². The van der Waals surface area contributed by atoms with Gasteiger partial charge in [-0.1, -0.05) is 6.07 Å². The summed E-state index contributed by atoms with van der Waals surface area (Å²) < 4.78 is 10.7. The second-order valence-electron chi connectivity index (χ2n) is 4.83. The zero-order valence-corrected chi connectivity index (χ0v) is 13.1. The lowest BCUT2D eigenvalue weighted by atomic mass is 10.1. The molecule has 0 bridgehead atoms. The van der Waals surface area contributed by atoms with Crippen molar-refractivity contribution >= 4 is 5.91 Å². The Bertz CT molecular complexity index is 642. The van der Waals surface area contributed by atoms with Gasteiger partial charge in [-0.15, -0.1) is 0 Å². The number of amides is 1. The summed E-state index contributed by atoms with van der Waals surface area (Å²) in [6.07, 6.45) is 3.87. The van der Waals surface area contributed by atoms with Crippen molar-refractivity contribution in [3.05, 3.63) is 53.3 Å². The highest BCUT2D eigenvalue weighted by Gasteiger charge is 2.11. The molecule has 0 saturated heterocycles. The van der Waals surface area contributed by atoms with Gasteiger partial charge in [-0.05, 0) is 37.1 Å². The maximum absolute atomic E-state index is 12.0. The van der Waals surface area contributed by atoms with Crippen molar-refractivity contribution in [3.63, 3.8) is 0 Å². The fourth-order valence-corrected chi connectivity index (χ4v) is 2.34. The number of methoxy groups -OCH3 is 2. The molecule has 0 atom stereocenters.